The summed E-state index contributed by atoms with van der Waals surface area (Å²) in [6, 6.07) is 11.5. The molecular weight excluding hydrogens is 310 g/mol. The number of nitrogens with zero attached hydrogens (tertiary/aromatic N) is 1. The molecule has 0 radical (unpaired) electrons. The van der Waals surface area contributed by atoms with Gasteiger partial charge in [0.25, 0.3) is 11.8 Å². The molecule has 1 aromatic heterocycles. The highest BCUT2D eigenvalue weighted by atomic mass is 16.5. The smallest absolute Gasteiger partial charge is 0.325 e. The average molecular weight is 327 g/mol. The Morgan fingerprint density at radius 2 is 1.75 bits per heavy atom. The van der Waals surface area contributed by atoms with E-state index in [1.807, 2.05) is 0 Å². The molecule has 24 heavy (non-hydrogen) atoms. The number of carbonyl (C=O) groups excluding carboxylic acids is 3. The van der Waals surface area contributed by atoms with Crippen molar-refractivity contribution < 1.29 is 19.1 Å². The Hall–Kier alpha value is -3.22. The molecule has 7 heteroatoms. The fourth-order valence-corrected chi connectivity index (χ4v) is 1.90. The standard InChI is InChI=1S/C17H17N3O4/c1-11-4-3-5-14(19-11)17(23)20-13-8-6-12(7-9-13)16(22)18-10-15(21)24-2/h3-9H,10H2,1-2H3,(H,18,22)(H,20,23). The van der Waals surface area contributed by atoms with E-state index in [4.69, 9.17) is 0 Å². The fourth-order valence-electron chi connectivity index (χ4n) is 1.90. The molecule has 0 aliphatic carbocycles. The lowest BCUT2D eigenvalue weighted by atomic mass is 10.2. The van der Waals surface area contributed by atoms with Crippen LogP contribution in [0.3, 0.4) is 0 Å². The minimum Gasteiger partial charge on any atom is -0.468 e. The highest BCUT2D eigenvalue weighted by Gasteiger charge is 2.10. The number of methoxy groups -OCH3 is 1. The summed E-state index contributed by atoms with van der Waals surface area (Å²) in [6.07, 6.45) is 0. The molecule has 0 atom stereocenters. The molecule has 7 nitrogen and oxygen atoms in total. The monoisotopic (exact) mass is 327 g/mol. The summed E-state index contributed by atoms with van der Waals surface area (Å²) in [6.45, 7) is 1.60. The number of nitrogens with one attached hydrogen (secondary N) is 2. The Morgan fingerprint density at radius 1 is 1.04 bits per heavy atom. The lowest BCUT2D eigenvalue weighted by Gasteiger charge is -2.07. The number of esters is 1. The summed E-state index contributed by atoms with van der Waals surface area (Å²) in [7, 11) is 1.25. The van der Waals surface area contributed by atoms with Crippen LogP contribution >= 0.6 is 0 Å². The maximum absolute atomic E-state index is 12.1. The normalized spacial score (nSPS) is 9.92. The molecule has 1 aromatic carbocycles. The van der Waals surface area contributed by atoms with Gasteiger partial charge in [-0.15, -0.1) is 0 Å². The van der Waals surface area contributed by atoms with Crippen molar-refractivity contribution in [3.63, 3.8) is 0 Å². The molecule has 2 N–H and O–H groups in total. The van der Waals surface area contributed by atoms with Crippen molar-refractivity contribution in [1.82, 2.24) is 10.3 Å². The first-order valence-corrected chi connectivity index (χ1v) is 7.19. The number of carbonyl (C=O) groups is 3. The molecule has 0 bridgehead atoms. The average Bonchev–Trinajstić information content (AvgIpc) is 2.60. The van der Waals surface area contributed by atoms with E-state index in [0.717, 1.165) is 5.69 Å². The van der Waals surface area contributed by atoms with Gasteiger partial charge < -0.3 is 15.4 Å². The molecule has 124 valence electrons. The first-order chi connectivity index (χ1) is 11.5. The number of benzene rings is 1. The van der Waals surface area contributed by atoms with Gasteiger partial charge in [-0.05, 0) is 43.3 Å². The zero-order valence-electron chi connectivity index (χ0n) is 13.3. The lowest BCUT2D eigenvalue weighted by Crippen LogP contribution is -2.30. The van der Waals surface area contributed by atoms with E-state index in [0.29, 0.717) is 16.9 Å². The maximum atomic E-state index is 12.1. The van der Waals surface area contributed by atoms with Crippen molar-refractivity contribution in [3.05, 3.63) is 59.4 Å². The van der Waals surface area contributed by atoms with Gasteiger partial charge in [-0.1, -0.05) is 6.07 Å². The molecular formula is C17H17N3O4. The molecule has 2 aromatic rings. The first kappa shape index (κ1) is 17.1. The van der Waals surface area contributed by atoms with E-state index in [9.17, 15) is 14.4 Å². The third kappa shape index (κ3) is 4.64. The van der Waals surface area contributed by atoms with Crippen LogP contribution in [0.4, 0.5) is 5.69 Å². The van der Waals surface area contributed by atoms with Gasteiger partial charge >= 0.3 is 5.97 Å². The number of amides is 2. The number of aryl methyl sites for hydroxylation is 1. The van der Waals surface area contributed by atoms with Gasteiger partial charge in [0, 0.05) is 16.9 Å². The van der Waals surface area contributed by atoms with Crippen molar-refractivity contribution in [2.24, 2.45) is 0 Å². The van der Waals surface area contributed by atoms with Crippen molar-refractivity contribution in [3.8, 4) is 0 Å². The Labute approximate surface area is 139 Å². The van der Waals surface area contributed by atoms with Gasteiger partial charge in [-0.25, -0.2) is 4.98 Å². The second-order valence-corrected chi connectivity index (χ2v) is 4.95. The Balaban J connectivity index is 1.98. The molecule has 2 rings (SSSR count). The first-order valence-electron chi connectivity index (χ1n) is 7.19. The Morgan fingerprint density at radius 3 is 2.38 bits per heavy atom. The van der Waals surface area contributed by atoms with Crippen LogP contribution in [0.2, 0.25) is 0 Å². The van der Waals surface area contributed by atoms with E-state index in [-0.39, 0.29) is 12.5 Å². The van der Waals surface area contributed by atoms with E-state index in [1.54, 1.807) is 49.4 Å². The summed E-state index contributed by atoms with van der Waals surface area (Å²) in [5, 5.41) is 5.13. The summed E-state index contributed by atoms with van der Waals surface area (Å²) in [5.41, 5.74) is 1.97. The van der Waals surface area contributed by atoms with Gasteiger partial charge in [0.1, 0.15) is 12.2 Å². The number of rotatable bonds is 5. The number of ether oxygens (including phenoxy) is 1. The third-order valence-electron chi connectivity index (χ3n) is 3.15. The van der Waals surface area contributed by atoms with Crippen molar-refractivity contribution in [2.45, 2.75) is 6.92 Å². The lowest BCUT2D eigenvalue weighted by molar-refractivity contribution is -0.139. The number of aromatic nitrogens is 1. The molecule has 0 saturated heterocycles. The van der Waals surface area contributed by atoms with Crippen LogP contribution in [-0.2, 0) is 9.53 Å². The number of hydrogen-bond acceptors (Lipinski definition) is 5. The molecule has 0 unspecified atom stereocenters. The van der Waals surface area contributed by atoms with Gasteiger partial charge in [-0.3, -0.25) is 14.4 Å². The van der Waals surface area contributed by atoms with Crippen LogP contribution in [0, 0.1) is 6.92 Å². The van der Waals surface area contributed by atoms with Gasteiger partial charge in [-0.2, -0.15) is 0 Å². The maximum Gasteiger partial charge on any atom is 0.325 e. The summed E-state index contributed by atoms with van der Waals surface area (Å²) < 4.78 is 4.44. The number of hydrogen-bond donors (Lipinski definition) is 2. The second kappa shape index (κ2) is 7.87. The largest absolute Gasteiger partial charge is 0.468 e. The van der Waals surface area contributed by atoms with Gasteiger partial charge in [0.15, 0.2) is 0 Å². The van der Waals surface area contributed by atoms with Crippen LogP contribution < -0.4 is 10.6 Å². The summed E-state index contributed by atoms with van der Waals surface area (Å²) in [4.78, 5) is 39.1. The highest BCUT2D eigenvalue weighted by molar-refractivity contribution is 6.03. The van der Waals surface area contributed by atoms with Crippen molar-refractivity contribution in [1.29, 1.82) is 0 Å². The molecule has 0 saturated carbocycles. The van der Waals surface area contributed by atoms with Crippen molar-refractivity contribution in [2.75, 3.05) is 19.0 Å². The number of anilines is 1. The van der Waals surface area contributed by atoms with Crippen LogP contribution in [0.15, 0.2) is 42.5 Å². The topological polar surface area (TPSA) is 97.4 Å². The molecule has 0 aliphatic heterocycles. The third-order valence-corrected chi connectivity index (χ3v) is 3.15. The van der Waals surface area contributed by atoms with Crippen LogP contribution in [0.5, 0.6) is 0 Å². The van der Waals surface area contributed by atoms with Crippen LogP contribution in [0.25, 0.3) is 0 Å². The molecule has 0 spiro atoms. The second-order valence-electron chi connectivity index (χ2n) is 4.95. The zero-order valence-corrected chi connectivity index (χ0v) is 13.3. The Kier molecular flexibility index (Phi) is 5.62. The summed E-state index contributed by atoms with van der Waals surface area (Å²) in [5.74, 6) is -1.27. The van der Waals surface area contributed by atoms with Crippen LogP contribution in [-0.4, -0.2) is 36.4 Å². The predicted molar refractivity (Wildman–Crippen MR) is 87.7 cm³/mol. The van der Waals surface area contributed by atoms with E-state index in [1.165, 1.54) is 7.11 Å². The predicted octanol–water partition coefficient (Wildman–Crippen LogP) is 1.55. The number of pyridine rings is 1. The Bertz CT molecular complexity index is 757. The van der Waals surface area contributed by atoms with Crippen LogP contribution in [0.1, 0.15) is 26.5 Å². The van der Waals surface area contributed by atoms with E-state index >= 15 is 0 Å². The van der Waals surface area contributed by atoms with E-state index in [2.05, 4.69) is 20.4 Å². The summed E-state index contributed by atoms with van der Waals surface area (Å²) >= 11 is 0. The van der Waals surface area contributed by atoms with Gasteiger partial charge in [0.2, 0.25) is 0 Å². The van der Waals surface area contributed by atoms with Gasteiger partial charge in [0.05, 0.1) is 7.11 Å². The van der Waals surface area contributed by atoms with E-state index < -0.39 is 11.9 Å². The van der Waals surface area contributed by atoms with Crippen molar-refractivity contribution >= 4 is 23.5 Å². The molecule has 1 heterocycles. The minimum atomic E-state index is -0.530. The quantitative estimate of drug-likeness (QED) is 0.812. The molecule has 2 amide bonds. The zero-order chi connectivity index (χ0) is 17.5. The SMILES string of the molecule is COC(=O)CNC(=O)c1ccc(NC(=O)c2cccc(C)n2)cc1. The fraction of sp³-hybridized carbons (Fsp3) is 0.176. The molecule has 0 aliphatic rings. The highest BCUT2D eigenvalue weighted by Crippen LogP contribution is 2.11. The molecule has 0 fully saturated rings. The minimum absolute atomic E-state index is 0.202.